The van der Waals surface area contributed by atoms with E-state index in [1.807, 2.05) is 0 Å². The van der Waals surface area contributed by atoms with Crippen LogP contribution >= 0.6 is 23.4 Å². The lowest BCUT2D eigenvalue weighted by Crippen LogP contribution is -1.99. The monoisotopic (exact) mass is 227 g/mol. The third-order valence-electron chi connectivity index (χ3n) is 1.21. The average Bonchev–Trinajstić information content (AvgIpc) is 1.94. The molecule has 0 saturated carbocycles. The quantitative estimate of drug-likeness (QED) is 0.587. The zero-order valence-corrected chi connectivity index (χ0v) is 7.80. The van der Waals surface area contributed by atoms with E-state index >= 15 is 0 Å². The van der Waals surface area contributed by atoms with Crippen LogP contribution in [0, 0.1) is 0 Å². The van der Waals surface area contributed by atoms with E-state index in [-0.39, 0.29) is 27.4 Å². The van der Waals surface area contributed by atoms with Gasteiger partial charge in [0.2, 0.25) is 0 Å². The number of alkyl halides is 3. The Hall–Kier alpha value is -0.550. The highest BCUT2D eigenvalue weighted by Crippen LogP contribution is 2.38. The maximum atomic E-state index is 11.9. The molecule has 0 aliphatic heterocycles. The molecule has 0 unspecified atom stereocenters. The molecular weight excluding hydrogens is 223 g/mol. The number of thioether (sulfide) groups is 1. The average molecular weight is 228 g/mol. The first-order valence-corrected chi connectivity index (χ1v) is 4.39. The summed E-state index contributed by atoms with van der Waals surface area (Å²) in [5.74, 6) is 0. The van der Waals surface area contributed by atoms with Crippen molar-refractivity contribution in [3.05, 3.63) is 23.2 Å². The molecule has 13 heavy (non-hydrogen) atoms. The molecule has 0 fully saturated rings. The molecule has 6 heteroatoms. The second-order valence-electron chi connectivity index (χ2n) is 2.23. The molecule has 1 aromatic carbocycles. The second-order valence-corrected chi connectivity index (χ2v) is 3.78. The number of nitrogens with two attached hydrogens (primary N) is 1. The van der Waals surface area contributed by atoms with E-state index in [1.165, 1.54) is 18.2 Å². The molecule has 1 aromatic rings. The van der Waals surface area contributed by atoms with E-state index in [1.54, 1.807) is 0 Å². The Labute approximate surface area is 82.1 Å². The van der Waals surface area contributed by atoms with Crippen LogP contribution in [0.3, 0.4) is 0 Å². The first-order valence-electron chi connectivity index (χ1n) is 3.19. The molecule has 0 bridgehead atoms. The number of hydrogen-bond donors (Lipinski definition) is 1. The van der Waals surface area contributed by atoms with Gasteiger partial charge in [-0.15, -0.1) is 0 Å². The van der Waals surface area contributed by atoms with Crippen molar-refractivity contribution in [3.8, 4) is 0 Å². The molecule has 1 nitrogen and oxygen atoms in total. The minimum Gasteiger partial charge on any atom is -0.398 e. The number of anilines is 1. The first kappa shape index (κ1) is 10.5. The van der Waals surface area contributed by atoms with Crippen LogP contribution in [-0.4, -0.2) is 5.51 Å². The van der Waals surface area contributed by atoms with Crippen LogP contribution < -0.4 is 5.73 Å². The smallest absolute Gasteiger partial charge is 0.398 e. The molecule has 72 valence electrons. The third kappa shape index (κ3) is 3.36. The number of rotatable bonds is 1. The molecule has 0 aliphatic carbocycles. The Bertz CT molecular complexity index is 313. The van der Waals surface area contributed by atoms with Crippen molar-refractivity contribution in [2.75, 3.05) is 5.73 Å². The highest BCUT2D eigenvalue weighted by Gasteiger charge is 2.29. The molecule has 0 aromatic heterocycles. The van der Waals surface area contributed by atoms with E-state index in [0.29, 0.717) is 0 Å². The van der Waals surface area contributed by atoms with Gasteiger partial charge in [-0.2, -0.15) is 13.2 Å². The Morgan fingerprint density at radius 2 is 1.92 bits per heavy atom. The van der Waals surface area contributed by atoms with E-state index in [0.717, 1.165) is 0 Å². The van der Waals surface area contributed by atoms with Crippen molar-refractivity contribution in [2.24, 2.45) is 0 Å². The Balaban J connectivity index is 2.86. The van der Waals surface area contributed by atoms with E-state index < -0.39 is 5.51 Å². The number of benzene rings is 1. The standard InChI is InChI=1S/C7H5ClF3NS/c8-5-3-4(1-2-6(5)12)13-7(9,10)11/h1-3H,12H2. The predicted octanol–water partition coefficient (Wildman–Crippen LogP) is 3.53. The lowest BCUT2D eigenvalue weighted by atomic mass is 10.3. The van der Waals surface area contributed by atoms with Crippen molar-refractivity contribution in [2.45, 2.75) is 10.4 Å². The zero-order valence-electron chi connectivity index (χ0n) is 6.23. The summed E-state index contributed by atoms with van der Waals surface area (Å²) in [4.78, 5) is 0.0340. The van der Waals surface area contributed by atoms with Gasteiger partial charge >= 0.3 is 5.51 Å². The van der Waals surface area contributed by atoms with Gasteiger partial charge in [0.05, 0.1) is 10.7 Å². The third-order valence-corrected chi connectivity index (χ3v) is 2.25. The van der Waals surface area contributed by atoms with E-state index in [4.69, 9.17) is 17.3 Å². The fourth-order valence-electron chi connectivity index (χ4n) is 0.705. The fraction of sp³-hybridized carbons (Fsp3) is 0.143. The summed E-state index contributed by atoms with van der Waals surface area (Å²) in [5, 5.41) is 0.134. The summed E-state index contributed by atoms with van der Waals surface area (Å²) in [7, 11) is 0. The summed E-state index contributed by atoms with van der Waals surface area (Å²) in [5.41, 5.74) is 1.31. The van der Waals surface area contributed by atoms with Gasteiger partial charge in [-0.25, -0.2) is 0 Å². The molecule has 0 radical (unpaired) electrons. The van der Waals surface area contributed by atoms with Crippen molar-refractivity contribution >= 4 is 29.1 Å². The minimum atomic E-state index is -4.29. The molecule has 0 aliphatic rings. The van der Waals surface area contributed by atoms with Crippen LogP contribution in [0.1, 0.15) is 0 Å². The number of nitrogen functional groups attached to an aromatic ring is 1. The molecule has 0 saturated heterocycles. The van der Waals surface area contributed by atoms with Gasteiger partial charge in [0.15, 0.2) is 0 Å². The van der Waals surface area contributed by atoms with Crippen molar-refractivity contribution < 1.29 is 13.2 Å². The molecular formula is C7H5ClF3NS. The van der Waals surface area contributed by atoms with Crippen LogP contribution in [0.25, 0.3) is 0 Å². The summed E-state index contributed by atoms with van der Waals surface area (Å²) < 4.78 is 35.6. The summed E-state index contributed by atoms with van der Waals surface area (Å²) >= 11 is 5.32. The topological polar surface area (TPSA) is 26.0 Å². The van der Waals surface area contributed by atoms with Crippen LogP contribution in [0.15, 0.2) is 23.1 Å². The number of halogens is 4. The fourth-order valence-corrected chi connectivity index (χ4v) is 1.53. The van der Waals surface area contributed by atoms with Crippen molar-refractivity contribution in [1.82, 2.24) is 0 Å². The molecule has 1 rings (SSSR count). The van der Waals surface area contributed by atoms with Gasteiger partial charge < -0.3 is 5.73 Å². The normalized spacial score (nSPS) is 11.7. The van der Waals surface area contributed by atoms with Crippen molar-refractivity contribution in [1.29, 1.82) is 0 Å². The Kier molecular flexibility index (Phi) is 2.98. The first-order chi connectivity index (χ1) is 5.88. The maximum absolute atomic E-state index is 11.9. The summed E-state index contributed by atoms with van der Waals surface area (Å²) in [6.45, 7) is 0. The zero-order chi connectivity index (χ0) is 10.1. The van der Waals surface area contributed by atoms with Gasteiger partial charge in [0.1, 0.15) is 0 Å². The lowest BCUT2D eigenvalue weighted by molar-refractivity contribution is -0.0328. The van der Waals surface area contributed by atoms with E-state index in [2.05, 4.69) is 0 Å². The van der Waals surface area contributed by atoms with Crippen LogP contribution in [0.2, 0.25) is 5.02 Å². The summed E-state index contributed by atoms with van der Waals surface area (Å²) in [6, 6.07) is 3.81. The van der Waals surface area contributed by atoms with E-state index in [9.17, 15) is 13.2 Å². The molecule has 0 spiro atoms. The molecule has 2 N–H and O–H groups in total. The van der Waals surface area contributed by atoms with Gasteiger partial charge in [-0.1, -0.05) is 11.6 Å². The molecule has 0 atom stereocenters. The largest absolute Gasteiger partial charge is 0.446 e. The Morgan fingerprint density at radius 1 is 1.31 bits per heavy atom. The van der Waals surface area contributed by atoms with Crippen LogP contribution in [-0.2, 0) is 0 Å². The minimum absolute atomic E-state index is 0.0340. The second kappa shape index (κ2) is 3.67. The highest BCUT2D eigenvalue weighted by atomic mass is 35.5. The SMILES string of the molecule is Nc1ccc(SC(F)(F)F)cc1Cl. The highest BCUT2D eigenvalue weighted by molar-refractivity contribution is 8.00. The van der Waals surface area contributed by atoms with Crippen LogP contribution in [0.4, 0.5) is 18.9 Å². The van der Waals surface area contributed by atoms with Gasteiger partial charge in [-0.3, -0.25) is 0 Å². The molecule has 0 amide bonds. The predicted molar refractivity (Wildman–Crippen MR) is 47.8 cm³/mol. The van der Waals surface area contributed by atoms with Gasteiger partial charge in [0, 0.05) is 4.90 Å². The molecule has 0 heterocycles. The van der Waals surface area contributed by atoms with Crippen molar-refractivity contribution in [3.63, 3.8) is 0 Å². The number of hydrogen-bond acceptors (Lipinski definition) is 2. The van der Waals surface area contributed by atoms with Gasteiger partial charge in [-0.05, 0) is 30.0 Å². The lowest BCUT2D eigenvalue weighted by Gasteiger charge is -2.06. The Morgan fingerprint density at radius 3 is 2.38 bits per heavy atom. The van der Waals surface area contributed by atoms with Crippen LogP contribution in [0.5, 0.6) is 0 Å². The maximum Gasteiger partial charge on any atom is 0.446 e. The summed E-state index contributed by atoms with van der Waals surface area (Å²) in [6.07, 6.45) is 0. The van der Waals surface area contributed by atoms with Gasteiger partial charge in [0.25, 0.3) is 0 Å².